The number of nitrogens with zero attached hydrogens (tertiary/aromatic N) is 4. The van der Waals surface area contributed by atoms with E-state index in [2.05, 4.69) is 10.2 Å². The standard InChI is InChI=1S/C10H8N4O/c1-10(7-11,13-15)8-2-4-14-5-3-12-9(14)6-8/h2-6H,1H3. The van der Waals surface area contributed by atoms with Crippen molar-refractivity contribution in [2.75, 3.05) is 0 Å². The van der Waals surface area contributed by atoms with Gasteiger partial charge in [-0.05, 0) is 24.2 Å². The van der Waals surface area contributed by atoms with Crippen LogP contribution in [0.2, 0.25) is 0 Å². The van der Waals surface area contributed by atoms with Crippen molar-refractivity contribution < 1.29 is 0 Å². The molecule has 0 radical (unpaired) electrons. The fraction of sp³-hybridized carbons (Fsp3) is 0.200. The van der Waals surface area contributed by atoms with E-state index in [0.29, 0.717) is 11.2 Å². The van der Waals surface area contributed by atoms with Crippen molar-refractivity contribution in [1.29, 1.82) is 5.26 Å². The summed E-state index contributed by atoms with van der Waals surface area (Å²) in [5.74, 6) is 0. The molecule has 0 amide bonds. The highest BCUT2D eigenvalue weighted by atomic mass is 16.3. The van der Waals surface area contributed by atoms with Crippen LogP contribution in [-0.2, 0) is 5.54 Å². The van der Waals surface area contributed by atoms with Gasteiger partial charge in [0.15, 0.2) is 0 Å². The third kappa shape index (κ3) is 1.36. The summed E-state index contributed by atoms with van der Waals surface area (Å²) < 4.78 is 1.80. The first-order chi connectivity index (χ1) is 7.19. The minimum absolute atomic E-state index is 0.554. The highest BCUT2D eigenvalue weighted by Crippen LogP contribution is 2.24. The van der Waals surface area contributed by atoms with Gasteiger partial charge in [-0.15, -0.1) is 4.91 Å². The van der Waals surface area contributed by atoms with E-state index in [1.54, 1.807) is 35.1 Å². The molecule has 1 unspecified atom stereocenters. The first kappa shape index (κ1) is 9.34. The number of nitriles is 1. The molecule has 0 aliphatic heterocycles. The highest BCUT2D eigenvalue weighted by Gasteiger charge is 2.27. The Balaban J connectivity index is 2.62. The Kier molecular flexibility index (Phi) is 1.97. The Bertz CT molecular complexity index is 554. The lowest BCUT2D eigenvalue weighted by Crippen LogP contribution is -2.15. The molecule has 0 bridgehead atoms. The Morgan fingerprint density at radius 3 is 3.07 bits per heavy atom. The molecule has 0 aromatic carbocycles. The number of rotatable bonds is 2. The van der Waals surface area contributed by atoms with Gasteiger partial charge in [0.1, 0.15) is 11.7 Å². The lowest BCUT2D eigenvalue weighted by atomic mass is 9.96. The fourth-order valence-corrected chi connectivity index (χ4v) is 1.35. The van der Waals surface area contributed by atoms with Crippen LogP contribution in [0.5, 0.6) is 0 Å². The minimum atomic E-state index is -1.34. The molecule has 74 valence electrons. The molecule has 5 heteroatoms. The van der Waals surface area contributed by atoms with Crippen LogP contribution in [0.25, 0.3) is 5.65 Å². The number of aromatic nitrogens is 2. The zero-order chi connectivity index (χ0) is 10.9. The molecule has 2 aromatic rings. The van der Waals surface area contributed by atoms with E-state index >= 15 is 0 Å². The molecule has 0 spiro atoms. The number of nitroso groups, excluding NO2 is 1. The molecular formula is C10H8N4O. The Labute approximate surface area is 86.0 Å². The molecular weight excluding hydrogens is 192 g/mol. The predicted molar refractivity (Wildman–Crippen MR) is 54.0 cm³/mol. The Hall–Kier alpha value is -2.22. The molecule has 1 atom stereocenters. The molecule has 2 heterocycles. The maximum absolute atomic E-state index is 10.6. The summed E-state index contributed by atoms with van der Waals surface area (Å²) in [5.41, 5.74) is -0.0930. The van der Waals surface area contributed by atoms with Gasteiger partial charge in [-0.1, -0.05) is 0 Å². The molecule has 5 nitrogen and oxygen atoms in total. The summed E-state index contributed by atoms with van der Waals surface area (Å²) in [6, 6.07) is 5.26. The number of hydrogen-bond donors (Lipinski definition) is 0. The summed E-state index contributed by atoms with van der Waals surface area (Å²) in [7, 11) is 0. The fourth-order valence-electron chi connectivity index (χ4n) is 1.35. The maximum Gasteiger partial charge on any atom is 0.210 e. The van der Waals surface area contributed by atoms with Crippen LogP contribution in [0.1, 0.15) is 12.5 Å². The largest absolute Gasteiger partial charge is 0.307 e. The topological polar surface area (TPSA) is 70.5 Å². The number of pyridine rings is 1. The van der Waals surface area contributed by atoms with Crippen LogP contribution < -0.4 is 0 Å². The third-order valence-electron chi connectivity index (χ3n) is 2.36. The van der Waals surface area contributed by atoms with Crippen LogP contribution in [-0.4, -0.2) is 9.38 Å². The molecule has 0 fully saturated rings. The van der Waals surface area contributed by atoms with Crippen molar-refractivity contribution >= 4 is 5.65 Å². The minimum Gasteiger partial charge on any atom is -0.307 e. The number of fused-ring (bicyclic) bond motifs is 1. The molecule has 2 aromatic heterocycles. The van der Waals surface area contributed by atoms with Crippen LogP contribution in [0, 0.1) is 16.2 Å². The van der Waals surface area contributed by atoms with E-state index in [1.165, 1.54) is 6.92 Å². The van der Waals surface area contributed by atoms with Gasteiger partial charge >= 0.3 is 0 Å². The molecule has 2 rings (SSSR count). The van der Waals surface area contributed by atoms with Gasteiger partial charge in [-0.3, -0.25) is 0 Å². The lowest BCUT2D eigenvalue weighted by Gasteiger charge is -2.12. The van der Waals surface area contributed by atoms with Crippen molar-refractivity contribution in [2.45, 2.75) is 12.5 Å². The van der Waals surface area contributed by atoms with Crippen molar-refractivity contribution in [2.24, 2.45) is 5.18 Å². The lowest BCUT2D eigenvalue weighted by molar-refractivity contribution is 0.642. The Morgan fingerprint density at radius 1 is 1.60 bits per heavy atom. The van der Waals surface area contributed by atoms with E-state index in [9.17, 15) is 4.91 Å². The average Bonchev–Trinajstić information content (AvgIpc) is 2.74. The van der Waals surface area contributed by atoms with Crippen molar-refractivity contribution in [3.63, 3.8) is 0 Å². The molecule has 0 N–H and O–H groups in total. The first-order valence-corrected chi connectivity index (χ1v) is 4.38. The van der Waals surface area contributed by atoms with Crippen LogP contribution in [0.15, 0.2) is 35.9 Å². The van der Waals surface area contributed by atoms with Crippen molar-refractivity contribution in [3.05, 3.63) is 41.2 Å². The zero-order valence-electron chi connectivity index (χ0n) is 8.08. The first-order valence-electron chi connectivity index (χ1n) is 4.38. The van der Waals surface area contributed by atoms with Crippen LogP contribution in [0.4, 0.5) is 0 Å². The van der Waals surface area contributed by atoms with Crippen LogP contribution in [0.3, 0.4) is 0 Å². The molecule has 0 aliphatic rings. The number of hydrogen-bond acceptors (Lipinski definition) is 4. The van der Waals surface area contributed by atoms with Gasteiger partial charge in [0, 0.05) is 24.2 Å². The van der Waals surface area contributed by atoms with E-state index in [0.717, 1.165) is 0 Å². The van der Waals surface area contributed by atoms with Crippen molar-refractivity contribution in [3.8, 4) is 6.07 Å². The van der Waals surface area contributed by atoms with Gasteiger partial charge in [-0.25, -0.2) is 4.98 Å². The highest BCUT2D eigenvalue weighted by molar-refractivity contribution is 5.45. The quantitative estimate of drug-likeness (QED) is 0.694. The number of imidazole rings is 1. The SMILES string of the molecule is CC(C#N)(N=O)c1ccn2ccnc2c1. The smallest absolute Gasteiger partial charge is 0.210 e. The monoisotopic (exact) mass is 200 g/mol. The van der Waals surface area contributed by atoms with Crippen molar-refractivity contribution in [1.82, 2.24) is 9.38 Å². The summed E-state index contributed by atoms with van der Waals surface area (Å²) in [4.78, 5) is 14.7. The van der Waals surface area contributed by atoms with E-state index < -0.39 is 5.54 Å². The van der Waals surface area contributed by atoms with Gasteiger partial charge in [0.2, 0.25) is 5.54 Å². The third-order valence-corrected chi connectivity index (χ3v) is 2.36. The normalized spacial score (nSPS) is 14.4. The van der Waals surface area contributed by atoms with E-state index in [-0.39, 0.29) is 0 Å². The summed E-state index contributed by atoms with van der Waals surface area (Å²) in [6.07, 6.45) is 5.19. The summed E-state index contributed by atoms with van der Waals surface area (Å²) >= 11 is 0. The molecule has 0 aliphatic carbocycles. The maximum atomic E-state index is 10.6. The second-order valence-electron chi connectivity index (χ2n) is 3.38. The molecule has 0 saturated carbocycles. The summed E-state index contributed by atoms with van der Waals surface area (Å²) in [6.45, 7) is 1.48. The molecule has 15 heavy (non-hydrogen) atoms. The van der Waals surface area contributed by atoms with Gasteiger partial charge < -0.3 is 4.40 Å². The molecule has 0 saturated heterocycles. The van der Waals surface area contributed by atoms with E-state index in [4.69, 9.17) is 5.26 Å². The Morgan fingerprint density at radius 2 is 2.40 bits per heavy atom. The second-order valence-corrected chi connectivity index (χ2v) is 3.38. The van der Waals surface area contributed by atoms with Gasteiger partial charge in [0.25, 0.3) is 0 Å². The second kappa shape index (κ2) is 3.17. The average molecular weight is 200 g/mol. The van der Waals surface area contributed by atoms with Gasteiger partial charge in [-0.2, -0.15) is 5.26 Å². The summed E-state index contributed by atoms with van der Waals surface area (Å²) in [5, 5.41) is 11.7. The zero-order valence-corrected chi connectivity index (χ0v) is 8.08. The predicted octanol–water partition coefficient (Wildman–Crippen LogP) is 1.84. The van der Waals surface area contributed by atoms with Crippen LogP contribution >= 0.6 is 0 Å². The van der Waals surface area contributed by atoms with E-state index in [1.807, 2.05) is 6.07 Å². The van der Waals surface area contributed by atoms with Gasteiger partial charge in [0.05, 0.1) is 0 Å².